The fraction of sp³-hybridized carbons (Fsp3) is 0.348. The van der Waals surface area contributed by atoms with Crippen LogP contribution in [0.25, 0.3) is 0 Å². The van der Waals surface area contributed by atoms with Gasteiger partial charge < -0.3 is 9.84 Å². The van der Waals surface area contributed by atoms with Crippen molar-refractivity contribution in [1.82, 2.24) is 10.0 Å². The Morgan fingerprint density at radius 3 is 1.97 bits per heavy atom. The molecule has 0 aliphatic carbocycles. The topological polar surface area (TPSA) is 87.2 Å². The number of benzene rings is 2. The Morgan fingerprint density at radius 2 is 1.50 bits per heavy atom. The summed E-state index contributed by atoms with van der Waals surface area (Å²) >= 11 is 0. The van der Waals surface area contributed by atoms with Crippen molar-refractivity contribution in [2.45, 2.75) is 47.1 Å². The van der Waals surface area contributed by atoms with E-state index in [0.29, 0.717) is 16.3 Å². The van der Waals surface area contributed by atoms with E-state index in [1.54, 1.807) is 58.0 Å². The van der Waals surface area contributed by atoms with Gasteiger partial charge >= 0.3 is 6.09 Å². The number of carbonyl (C=O) groups is 3. The summed E-state index contributed by atoms with van der Waals surface area (Å²) in [7, 11) is 1.49. The highest BCUT2D eigenvalue weighted by atomic mass is 16.5. The van der Waals surface area contributed by atoms with Gasteiger partial charge in [0.15, 0.2) is 0 Å². The molecule has 2 aromatic rings. The van der Waals surface area contributed by atoms with E-state index in [2.05, 4.69) is 0 Å². The van der Waals surface area contributed by atoms with Gasteiger partial charge in [-0.05, 0) is 65.8 Å². The molecule has 1 N–H and O–H groups in total. The predicted octanol–water partition coefficient (Wildman–Crippen LogP) is 4.60. The summed E-state index contributed by atoms with van der Waals surface area (Å²) in [6, 6.07) is 10.0. The molecule has 0 atom stereocenters. The molecule has 3 amide bonds. The van der Waals surface area contributed by atoms with Crippen molar-refractivity contribution in [3.8, 4) is 5.75 Å². The molecule has 30 heavy (non-hydrogen) atoms. The molecule has 0 spiro atoms. The van der Waals surface area contributed by atoms with Crippen LogP contribution >= 0.6 is 0 Å². The zero-order valence-electron chi connectivity index (χ0n) is 18.4. The Hall–Kier alpha value is -3.35. The summed E-state index contributed by atoms with van der Waals surface area (Å²) in [6.07, 6.45) is -1.54. The van der Waals surface area contributed by atoms with Crippen LogP contribution < -0.4 is 4.74 Å². The van der Waals surface area contributed by atoms with Crippen LogP contribution in [0.2, 0.25) is 0 Å². The normalized spacial score (nSPS) is 11.0. The van der Waals surface area contributed by atoms with Crippen LogP contribution in [-0.2, 0) is 0 Å². The lowest BCUT2D eigenvalue weighted by molar-refractivity contribution is -0.0331. The lowest BCUT2D eigenvalue weighted by Crippen LogP contribution is -2.60. The van der Waals surface area contributed by atoms with Crippen molar-refractivity contribution in [2.24, 2.45) is 0 Å². The Kier molecular flexibility index (Phi) is 6.55. The molecule has 0 aliphatic heterocycles. The number of carboxylic acid groups (broad SMARTS) is 1. The van der Waals surface area contributed by atoms with Crippen LogP contribution in [0.15, 0.2) is 36.4 Å². The third kappa shape index (κ3) is 4.62. The minimum absolute atomic E-state index is 0.194. The molecule has 0 saturated heterocycles. The molecule has 0 fully saturated rings. The van der Waals surface area contributed by atoms with Crippen molar-refractivity contribution in [3.05, 3.63) is 64.2 Å². The third-order valence-electron chi connectivity index (χ3n) is 4.60. The number of hydrogen-bond acceptors (Lipinski definition) is 4. The summed E-state index contributed by atoms with van der Waals surface area (Å²) in [6.45, 7) is 10.4. The lowest BCUT2D eigenvalue weighted by atomic mass is 10.0. The van der Waals surface area contributed by atoms with E-state index in [9.17, 15) is 19.5 Å². The van der Waals surface area contributed by atoms with E-state index in [1.165, 1.54) is 7.11 Å². The molecule has 160 valence electrons. The minimum atomic E-state index is -1.54. The highest BCUT2D eigenvalue weighted by molar-refractivity contribution is 6.06. The fourth-order valence-corrected chi connectivity index (χ4v) is 3.36. The van der Waals surface area contributed by atoms with Crippen LogP contribution in [0.5, 0.6) is 5.75 Å². The average molecular weight is 412 g/mol. The zero-order chi connectivity index (χ0) is 22.8. The number of amides is 3. The Bertz CT molecular complexity index is 971. The highest BCUT2D eigenvalue weighted by Crippen LogP contribution is 2.27. The smallest absolute Gasteiger partial charge is 0.434 e. The first-order valence-electron chi connectivity index (χ1n) is 9.52. The number of carbonyl (C=O) groups excluding carboxylic acids is 2. The van der Waals surface area contributed by atoms with Gasteiger partial charge in [0.2, 0.25) is 0 Å². The number of methoxy groups -OCH3 is 1. The summed E-state index contributed by atoms with van der Waals surface area (Å²) < 4.78 is 5.28. The Labute approximate surface area is 176 Å². The molecular formula is C23H28N2O5. The average Bonchev–Trinajstić information content (AvgIpc) is 2.63. The van der Waals surface area contributed by atoms with Crippen molar-refractivity contribution < 1.29 is 24.2 Å². The summed E-state index contributed by atoms with van der Waals surface area (Å²) in [5.74, 6) is -0.908. The molecule has 0 aliphatic rings. The van der Waals surface area contributed by atoms with Gasteiger partial charge in [-0.3, -0.25) is 9.59 Å². The number of ether oxygens (including phenoxy) is 1. The van der Waals surface area contributed by atoms with E-state index in [0.717, 1.165) is 16.1 Å². The Morgan fingerprint density at radius 1 is 0.933 bits per heavy atom. The van der Waals surface area contributed by atoms with Crippen LogP contribution in [0.3, 0.4) is 0 Å². The fourth-order valence-electron chi connectivity index (χ4n) is 3.36. The largest absolute Gasteiger partial charge is 0.496 e. The molecule has 0 heterocycles. The second-order valence-corrected chi connectivity index (χ2v) is 8.20. The molecular weight excluding hydrogens is 384 g/mol. The third-order valence-corrected chi connectivity index (χ3v) is 4.60. The zero-order valence-corrected chi connectivity index (χ0v) is 18.4. The maximum atomic E-state index is 13.5. The second kappa shape index (κ2) is 8.57. The van der Waals surface area contributed by atoms with Crippen LogP contribution in [0, 0.1) is 20.8 Å². The summed E-state index contributed by atoms with van der Waals surface area (Å²) in [5, 5.41) is 11.4. The maximum Gasteiger partial charge on any atom is 0.434 e. The quantitative estimate of drug-likeness (QED) is 0.745. The number of nitrogens with zero attached hydrogens (tertiary/aromatic N) is 2. The summed E-state index contributed by atoms with van der Waals surface area (Å²) in [4.78, 5) is 39.0. The van der Waals surface area contributed by atoms with E-state index < -0.39 is 23.4 Å². The number of hydrazine groups is 1. The maximum absolute atomic E-state index is 13.5. The molecule has 0 radical (unpaired) electrons. The lowest BCUT2D eigenvalue weighted by Gasteiger charge is -2.41. The van der Waals surface area contributed by atoms with Crippen LogP contribution in [0.1, 0.15) is 58.2 Å². The van der Waals surface area contributed by atoms with Crippen LogP contribution in [-0.4, -0.2) is 45.7 Å². The van der Waals surface area contributed by atoms with E-state index >= 15 is 0 Å². The van der Waals surface area contributed by atoms with Gasteiger partial charge in [-0.2, -0.15) is 0 Å². The van der Waals surface area contributed by atoms with Gasteiger partial charge in [0.25, 0.3) is 11.8 Å². The van der Waals surface area contributed by atoms with Crippen molar-refractivity contribution >= 4 is 17.9 Å². The van der Waals surface area contributed by atoms with Gasteiger partial charge in [0, 0.05) is 16.7 Å². The van der Waals surface area contributed by atoms with Gasteiger partial charge in [-0.1, -0.05) is 23.3 Å². The standard InChI is InChI=1S/C23H28N2O5/c1-14-11-15(2)13-17(12-14)20(26)24(22(28)29)25(23(4,5)6)21(27)18-9-8-10-19(30-7)16(18)3/h8-13H,1-7H3,(H,28,29). The number of imide groups is 1. The monoisotopic (exact) mass is 412 g/mol. The van der Waals surface area contributed by atoms with Crippen molar-refractivity contribution in [2.75, 3.05) is 7.11 Å². The molecule has 0 bridgehead atoms. The molecule has 0 saturated carbocycles. The van der Waals surface area contributed by atoms with Crippen molar-refractivity contribution in [1.29, 1.82) is 0 Å². The number of rotatable bonds is 3. The van der Waals surface area contributed by atoms with Gasteiger partial charge in [0.05, 0.1) is 12.6 Å². The van der Waals surface area contributed by atoms with E-state index in [-0.39, 0.29) is 11.1 Å². The second-order valence-electron chi connectivity index (χ2n) is 8.20. The highest BCUT2D eigenvalue weighted by Gasteiger charge is 2.40. The Balaban J connectivity index is 2.64. The molecule has 2 rings (SSSR count). The first-order valence-corrected chi connectivity index (χ1v) is 9.52. The van der Waals surface area contributed by atoms with Gasteiger partial charge in [-0.15, -0.1) is 5.01 Å². The molecule has 0 unspecified atom stereocenters. The first-order chi connectivity index (χ1) is 13.9. The number of hydrogen-bond donors (Lipinski definition) is 1. The molecule has 0 aromatic heterocycles. The SMILES string of the molecule is COc1cccc(C(=O)N(N(C(=O)O)C(=O)c2cc(C)cc(C)c2)C(C)(C)C)c1C. The first kappa shape index (κ1) is 22.9. The van der Waals surface area contributed by atoms with Gasteiger partial charge in [0.1, 0.15) is 5.75 Å². The molecule has 7 nitrogen and oxygen atoms in total. The summed E-state index contributed by atoms with van der Waals surface area (Å²) in [5.41, 5.74) is 1.65. The number of aryl methyl sites for hydroxylation is 2. The predicted molar refractivity (Wildman–Crippen MR) is 114 cm³/mol. The van der Waals surface area contributed by atoms with Crippen LogP contribution in [0.4, 0.5) is 4.79 Å². The van der Waals surface area contributed by atoms with Gasteiger partial charge in [-0.25, -0.2) is 9.80 Å². The minimum Gasteiger partial charge on any atom is -0.496 e. The van der Waals surface area contributed by atoms with E-state index in [1.807, 2.05) is 19.9 Å². The van der Waals surface area contributed by atoms with Crippen molar-refractivity contribution in [3.63, 3.8) is 0 Å². The molecule has 7 heteroatoms. The van der Waals surface area contributed by atoms with E-state index in [4.69, 9.17) is 4.74 Å². The molecule has 2 aromatic carbocycles.